The van der Waals surface area contributed by atoms with Crippen molar-refractivity contribution in [3.05, 3.63) is 77.1 Å². The summed E-state index contributed by atoms with van der Waals surface area (Å²) >= 11 is 0. The highest BCUT2D eigenvalue weighted by Crippen LogP contribution is 2.39. The Bertz CT molecular complexity index is 1730. The van der Waals surface area contributed by atoms with E-state index in [9.17, 15) is 19.2 Å². The van der Waals surface area contributed by atoms with E-state index in [2.05, 4.69) is 30.3 Å². The van der Waals surface area contributed by atoms with E-state index in [1.165, 1.54) is 16.7 Å². The van der Waals surface area contributed by atoms with Crippen LogP contribution in [-0.2, 0) is 57.6 Å². The summed E-state index contributed by atoms with van der Waals surface area (Å²) in [5.74, 6) is -1.98. The fraction of sp³-hybridized carbons (Fsp3) is 0.523. The molecule has 11 nitrogen and oxygen atoms in total. The molecule has 0 aliphatic heterocycles. The maximum atomic E-state index is 13.1. The monoisotopic (exact) mass is 757 g/mol. The second-order valence-corrected chi connectivity index (χ2v) is 18.2. The van der Waals surface area contributed by atoms with Gasteiger partial charge in [-0.15, -0.1) is 0 Å². The van der Waals surface area contributed by atoms with E-state index >= 15 is 0 Å². The lowest BCUT2D eigenvalue weighted by molar-refractivity contribution is -0.162. The van der Waals surface area contributed by atoms with Gasteiger partial charge in [-0.05, 0) is 141 Å². The van der Waals surface area contributed by atoms with Crippen LogP contribution in [0.5, 0.6) is 0 Å². The SMILES string of the molecule is CC(C)(C)OC(=O)CN(CC(=O)OC(C)(C)C)Cc1cc(-c2ccc3c(c2)-c2ccccc2C3)cc(CN(CC(=O)OC(C)(C)C)CC(=O)OC(C)(C)C)n1. The number of hydrogen-bond donors (Lipinski definition) is 0. The fourth-order valence-corrected chi connectivity index (χ4v) is 6.30. The number of hydrogen-bond acceptors (Lipinski definition) is 11. The van der Waals surface area contributed by atoms with Crippen LogP contribution >= 0.6 is 0 Å². The zero-order chi connectivity index (χ0) is 40.9. The normalized spacial score (nSPS) is 13.0. The third-order valence-corrected chi connectivity index (χ3v) is 7.93. The molecule has 0 bridgehead atoms. The van der Waals surface area contributed by atoms with Crippen molar-refractivity contribution >= 4 is 23.9 Å². The summed E-state index contributed by atoms with van der Waals surface area (Å²) in [6.07, 6.45) is 0.854. The van der Waals surface area contributed by atoms with Crippen LogP contribution in [0, 0.1) is 0 Å². The molecule has 0 amide bonds. The number of fused-ring (bicyclic) bond motifs is 3. The Morgan fingerprint density at radius 2 is 0.891 bits per heavy atom. The van der Waals surface area contributed by atoms with Crippen molar-refractivity contribution in [1.29, 1.82) is 0 Å². The number of ether oxygens (including phenoxy) is 4. The number of rotatable bonds is 13. The van der Waals surface area contributed by atoms with Gasteiger partial charge in [0.15, 0.2) is 0 Å². The van der Waals surface area contributed by atoms with Crippen LogP contribution in [0.2, 0.25) is 0 Å². The summed E-state index contributed by atoms with van der Waals surface area (Å²) in [7, 11) is 0. The van der Waals surface area contributed by atoms with Crippen LogP contribution in [0.4, 0.5) is 0 Å². The first-order valence-corrected chi connectivity index (χ1v) is 18.8. The third kappa shape index (κ3) is 14.5. The molecule has 1 heterocycles. The zero-order valence-corrected chi connectivity index (χ0v) is 34.8. The fourth-order valence-electron chi connectivity index (χ4n) is 6.30. The number of nitrogens with zero attached hydrogens (tertiary/aromatic N) is 3. The van der Waals surface area contributed by atoms with Gasteiger partial charge in [-0.1, -0.05) is 36.4 Å². The van der Waals surface area contributed by atoms with E-state index in [4.69, 9.17) is 23.9 Å². The van der Waals surface area contributed by atoms with E-state index in [0.717, 1.165) is 23.1 Å². The van der Waals surface area contributed by atoms with E-state index in [1.54, 1.807) is 92.9 Å². The predicted octanol–water partition coefficient (Wildman–Crippen LogP) is 7.29. The number of benzene rings is 2. The molecule has 3 aromatic rings. The van der Waals surface area contributed by atoms with E-state index in [1.807, 2.05) is 24.3 Å². The predicted molar refractivity (Wildman–Crippen MR) is 212 cm³/mol. The van der Waals surface area contributed by atoms with Crippen LogP contribution in [-0.4, -0.2) is 87.2 Å². The highest BCUT2D eigenvalue weighted by atomic mass is 16.6. The molecule has 0 saturated heterocycles. The first-order valence-electron chi connectivity index (χ1n) is 18.8. The van der Waals surface area contributed by atoms with Crippen LogP contribution in [0.25, 0.3) is 22.3 Å². The molecule has 2 aromatic carbocycles. The maximum absolute atomic E-state index is 13.1. The van der Waals surface area contributed by atoms with Crippen molar-refractivity contribution in [1.82, 2.24) is 14.8 Å². The molecule has 0 unspecified atom stereocenters. The highest BCUT2D eigenvalue weighted by Gasteiger charge is 2.27. The first-order chi connectivity index (χ1) is 25.3. The van der Waals surface area contributed by atoms with Gasteiger partial charge in [-0.25, -0.2) is 0 Å². The Kier molecular flexibility index (Phi) is 13.4. The van der Waals surface area contributed by atoms with Gasteiger partial charge >= 0.3 is 23.9 Å². The van der Waals surface area contributed by atoms with Crippen LogP contribution in [0.15, 0.2) is 54.6 Å². The number of carbonyl (C=O) groups excluding carboxylic acids is 4. The van der Waals surface area contributed by atoms with Crippen molar-refractivity contribution in [2.45, 2.75) is 125 Å². The molecule has 0 atom stereocenters. The van der Waals surface area contributed by atoms with Crippen molar-refractivity contribution < 1.29 is 38.1 Å². The summed E-state index contributed by atoms with van der Waals surface area (Å²) in [5, 5.41) is 0. The maximum Gasteiger partial charge on any atom is 0.320 e. The van der Waals surface area contributed by atoms with Gasteiger partial charge in [-0.2, -0.15) is 0 Å². The molecule has 4 rings (SSSR count). The molecule has 1 aliphatic carbocycles. The van der Waals surface area contributed by atoms with Crippen molar-refractivity contribution in [2.75, 3.05) is 26.2 Å². The second-order valence-electron chi connectivity index (χ2n) is 18.2. The largest absolute Gasteiger partial charge is 0.459 e. The molecule has 298 valence electrons. The first kappa shape index (κ1) is 43.1. The molecule has 0 fully saturated rings. The summed E-state index contributed by atoms with van der Waals surface area (Å²) in [6.45, 7) is 20.9. The van der Waals surface area contributed by atoms with Crippen LogP contribution in [0.1, 0.15) is 106 Å². The Hall–Kier alpha value is -4.61. The second kappa shape index (κ2) is 17.0. The summed E-state index contributed by atoms with van der Waals surface area (Å²) in [5.41, 5.74) is 4.87. The minimum atomic E-state index is -0.724. The molecule has 0 spiro atoms. The van der Waals surface area contributed by atoms with Gasteiger partial charge in [0.2, 0.25) is 0 Å². The lowest BCUT2D eigenvalue weighted by Gasteiger charge is -2.27. The smallest absolute Gasteiger partial charge is 0.320 e. The van der Waals surface area contributed by atoms with Crippen molar-refractivity contribution in [2.24, 2.45) is 0 Å². The van der Waals surface area contributed by atoms with Crippen LogP contribution < -0.4 is 0 Å². The Labute approximate surface area is 326 Å². The number of aromatic nitrogens is 1. The van der Waals surface area contributed by atoms with Gasteiger partial charge in [0.05, 0.1) is 37.6 Å². The Morgan fingerprint density at radius 1 is 0.509 bits per heavy atom. The number of carbonyl (C=O) groups is 4. The highest BCUT2D eigenvalue weighted by molar-refractivity contribution is 5.82. The quantitative estimate of drug-likeness (QED) is 0.101. The number of pyridine rings is 1. The van der Waals surface area contributed by atoms with Crippen molar-refractivity contribution in [3.63, 3.8) is 0 Å². The molecular formula is C44H59N3O8. The van der Waals surface area contributed by atoms with Gasteiger partial charge < -0.3 is 18.9 Å². The summed E-state index contributed by atoms with van der Waals surface area (Å²) < 4.78 is 22.5. The molecular weight excluding hydrogens is 698 g/mol. The topological polar surface area (TPSA) is 125 Å². The van der Waals surface area contributed by atoms with Crippen LogP contribution in [0.3, 0.4) is 0 Å². The van der Waals surface area contributed by atoms with E-state index < -0.39 is 46.3 Å². The van der Waals surface area contributed by atoms with E-state index in [-0.39, 0.29) is 39.3 Å². The summed E-state index contributed by atoms with van der Waals surface area (Å²) in [4.78, 5) is 60.7. The molecule has 11 heteroatoms. The zero-order valence-electron chi connectivity index (χ0n) is 34.8. The molecule has 0 saturated carbocycles. The van der Waals surface area contributed by atoms with E-state index in [0.29, 0.717) is 11.4 Å². The lowest BCUT2D eigenvalue weighted by atomic mass is 9.98. The molecule has 1 aromatic heterocycles. The average Bonchev–Trinajstić information content (AvgIpc) is 3.35. The Morgan fingerprint density at radius 3 is 1.29 bits per heavy atom. The minimum Gasteiger partial charge on any atom is -0.459 e. The standard InChI is InChI=1S/C44H59N3O8/c1-41(2,3)52-37(48)25-46(26-38(49)53-42(4,5)6)23-33-20-32(29-17-18-31-19-30-15-13-14-16-35(30)36(31)22-29)21-34(45-33)24-47(27-39(50)54-43(7,8)9)28-40(51)55-44(10,11)12/h13-18,20-22H,19,23-28H2,1-12H3. The van der Waals surface area contributed by atoms with Gasteiger partial charge in [-0.3, -0.25) is 34.0 Å². The van der Waals surface area contributed by atoms with Crippen molar-refractivity contribution in [3.8, 4) is 22.3 Å². The van der Waals surface area contributed by atoms with Gasteiger partial charge in [0.1, 0.15) is 22.4 Å². The minimum absolute atomic E-state index is 0.102. The lowest BCUT2D eigenvalue weighted by Crippen LogP contribution is -2.40. The summed E-state index contributed by atoms with van der Waals surface area (Å²) in [6, 6.07) is 18.6. The Balaban J connectivity index is 1.77. The molecule has 0 radical (unpaired) electrons. The van der Waals surface area contributed by atoms with Gasteiger partial charge in [0.25, 0.3) is 0 Å². The average molecular weight is 758 g/mol. The molecule has 0 N–H and O–H groups in total. The molecule has 1 aliphatic rings. The molecule has 55 heavy (non-hydrogen) atoms. The number of esters is 4. The third-order valence-electron chi connectivity index (χ3n) is 7.93. The van der Waals surface area contributed by atoms with Gasteiger partial charge in [0, 0.05) is 13.1 Å².